The van der Waals surface area contributed by atoms with Crippen LogP contribution in [-0.4, -0.2) is 34.3 Å². The zero-order chi connectivity index (χ0) is 31.7. The van der Waals surface area contributed by atoms with E-state index in [4.69, 9.17) is 4.52 Å². The maximum Gasteiger partial charge on any atom is 0.417 e. The first-order valence-corrected chi connectivity index (χ1v) is 15.0. The molecule has 1 N–H and O–H groups in total. The van der Waals surface area contributed by atoms with E-state index in [0.717, 1.165) is 50.2 Å². The van der Waals surface area contributed by atoms with Gasteiger partial charge in [-0.2, -0.15) is 26.3 Å². The first kappa shape index (κ1) is 29.6. The highest BCUT2D eigenvalue weighted by atomic mass is 19.4. The molecular formula is C33H29F6N3O3. The van der Waals surface area contributed by atoms with Crippen LogP contribution in [0.3, 0.4) is 0 Å². The lowest BCUT2D eigenvalue weighted by molar-refractivity contribution is -0.137. The van der Waals surface area contributed by atoms with Gasteiger partial charge >= 0.3 is 18.3 Å². The van der Waals surface area contributed by atoms with Crippen LogP contribution in [-0.2, 0) is 18.8 Å². The summed E-state index contributed by atoms with van der Waals surface area (Å²) in [6.45, 7) is 1.29. The van der Waals surface area contributed by atoms with E-state index in [0.29, 0.717) is 37.0 Å². The fourth-order valence-electron chi connectivity index (χ4n) is 7.33. The number of hydrogen-bond donors (Lipinski definition) is 1. The van der Waals surface area contributed by atoms with Crippen LogP contribution in [0.25, 0.3) is 22.2 Å². The number of carboxylic acid groups (broad SMARTS) is 1. The Morgan fingerprint density at radius 2 is 1.64 bits per heavy atom. The van der Waals surface area contributed by atoms with Crippen molar-refractivity contribution in [3.63, 3.8) is 0 Å². The van der Waals surface area contributed by atoms with E-state index in [9.17, 15) is 36.2 Å². The van der Waals surface area contributed by atoms with Gasteiger partial charge in [0.2, 0.25) is 0 Å². The summed E-state index contributed by atoms with van der Waals surface area (Å²) in [7, 11) is 0. The largest absolute Gasteiger partial charge is 0.477 e. The number of nitrogens with zero attached hydrogens (tertiary/aromatic N) is 3. The van der Waals surface area contributed by atoms with Gasteiger partial charge in [0.1, 0.15) is 17.1 Å². The zero-order valence-corrected chi connectivity index (χ0v) is 24.0. The molecule has 0 unspecified atom stereocenters. The lowest BCUT2D eigenvalue weighted by atomic mass is 9.56. The van der Waals surface area contributed by atoms with Crippen LogP contribution in [0.4, 0.5) is 32.0 Å². The molecule has 0 radical (unpaired) electrons. The Bertz CT molecular complexity index is 1780. The summed E-state index contributed by atoms with van der Waals surface area (Å²) >= 11 is 0. The molecular weight excluding hydrogens is 600 g/mol. The summed E-state index contributed by atoms with van der Waals surface area (Å²) in [5.41, 5.74) is -0.651. The third-order valence-corrected chi connectivity index (χ3v) is 9.70. The Morgan fingerprint density at radius 3 is 2.29 bits per heavy atom. The van der Waals surface area contributed by atoms with E-state index in [1.807, 2.05) is 4.90 Å². The number of hydrogen-bond acceptors (Lipinski definition) is 5. The van der Waals surface area contributed by atoms with Gasteiger partial charge < -0.3 is 14.5 Å². The molecule has 0 bridgehead atoms. The number of fused-ring (bicyclic) bond motifs is 1. The van der Waals surface area contributed by atoms with Gasteiger partial charge in [-0.3, -0.25) is 0 Å². The smallest absolute Gasteiger partial charge is 0.417 e. The van der Waals surface area contributed by atoms with Gasteiger partial charge in [0, 0.05) is 41.2 Å². The maximum absolute atomic E-state index is 13.8. The molecule has 1 aliphatic heterocycles. The molecule has 3 fully saturated rings. The quantitative estimate of drug-likeness (QED) is 0.215. The van der Waals surface area contributed by atoms with Gasteiger partial charge in [0.15, 0.2) is 0 Å². The Morgan fingerprint density at radius 1 is 0.956 bits per heavy atom. The minimum Gasteiger partial charge on any atom is -0.477 e. The average Bonchev–Trinajstić information content (AvgIpc) is 3.74. The Kier molecular flexibility index (Phi) is 6.90. The second kappa shape index (κ2) is 10.5. The normalized spacial score (nSPS) is 18.8. The topological polar surface area (TPSA) is 79.5 Å². The van der Waals surface area contributed by atoms with Gasteiger partial charge in [0.25, 0.3) is 0 Å². The van der Waals surface area contributed by atoms with E-state index in [1.165, 1.54) is 24.3 Å². The van der Waals surface area contributed by atoms with Crippen LogP contribution in [0.1, 0.15) is 77.4 Å². The number of aromatic carboxylic acids is 1. The lowest BCUT2D eigenvalue weighted by Crippen LogP contribution is -2.47. The molecule has 3 heterocycles. The van der Waals surface area contributed by atoms with E-state index in [2.05, 4.69) is 10.1 Å². The molecule has 2 saturated carbocycles. The number of benzene rings is 2. The van der Waals surface area contributed by atoms with Gasteiger partial charge in [-0.15, -0.1) is 0 Å². The molecule has 0 amide bonds. The summed E-state index contributed by atoms with van der Waals surface area (Å²) in [6, 6.07) is 10.6. The number of pyridine rings is 1. The molecule has 2 aliphatic carbocycles. The van der Waals surface area contributed by atoms with E-state index < -0.39 is 35.1 Å². The average molecular weight is 630 g/mol. The highest BCUT2D eigenvalue weighted by Gasteiger charge is 2.47. The summed E-state index contributed by atoms with van der Waals surface area (Å²) in [4.78, 5) is 17.3. The number of alkyl halides is 6. The van der Waals surface area contributed by atoms with Crippen LogP contribution in [0.2, 0.25) is 0 Å². The van der Waals surface area contributed by atoms with Crippen LogP contribution >= 0.6 is 0 Å². The molecule has 0 atom stereocenters. The van der Waals surface area contributed by atoms with Crippen molar-refractivity contribution in [1.82, 2.24) is 10.1 Å². The minimum atomic E-state index is -4.74. The highest BCUT2D eigenvalue weighted by molar-refractivity contribution is 5.93. The minimum absolute atomic E-state index is 0.0298. The van der Waals surface area contributed by atoms with Crippen molar-refractivity contribution in [2.24, 2.45) is 11.3 Å². The van der Waals surface area contributed by atoms with Crippen molar-refractivity contribution in [2.45, 2.75) is 63.2 Å². The molecule has 3 aliphatic rings. The first-order chi connectivity index (χ1) is 21.3. The highest BCUT2D eigenvalue weighted by Crippen LogP contribution is 2.55. The molecule has 2 aromatic carbocycles. The lowest BCUT2D eigenvalue weighted by Gasteiger charge is -2.53. The number of piperidine rings is 1. The zero-order valence-electron chi connectivity index (χ0n) is 24.0. The number of aromatic nitrogens is 2. The first-order valence-electron chi connectivity index (χ1n) is 15.0. The maximum atomic E-state index is 13.8. The Balaban J connectivity index is 1.06. The van der Waals surface area contributed by atoms with Gasteiger partial charge in [-0.25, -0.2) is 9.78 Å². The van der Waals surface area contributed by atoms with Crippen molar-refractivity contribution in [1.29, 1.82) is 0 Å². The number of halogens is 6. The van der Waals surface area contributed by atoms with Crippen molar-refractivity contribution in [3.05, 3.63) is 76.7 Å². The molecule has 4 aromatic rings. The third kappa shape index (κ3) is 5.52. The van der Waals surface area contributed by atoms with Crippen molar-refractivity contribution < 1.29 is 40.8 Å². The number of rotatable bonds is 6. The molecule has 6 nitrogen and oxygen atoms in total. The second-order valence-corrected chi connectivity index (χ2v) is 12.7. The van der Waals surface area contributed by atoms with E-state index in [-0.39, 0.29) is 39.4 Å². The van der Waals surface area contributed by atoms with Gasteiger partial charge in [-0.05, 0) is 86.6 Å². The Labute approximate surface area is 254 Å². The SMILES string of the molecule is O=C(O)c1cc(C(F)(F)F)c2cc(N3CCC4(CC3)CC(Cc3c(-c5ccccc5C(F)(F)F)noc3C3CC3)C4)ccc2n1. The molecule has 236 valence electrons. The van der Waals surface area contributed by atoms with Gasteiger partial charge in [0.05, 0.1) is 16.6 Å². The molecule has 1 saturated heterocycles. The molecule has 1 spiro atoms. The monoisotopic (exact) mass is 629 g/mol. The third-order valence-electron chi connectivity index (χ3n) is 9.70. The fraction of sp³-hybridized carbons (Fsp3) is 0.424. The summed E-state index contributed by atoms with van der Waals surface area (Å²) in [5, 5.41) is 13.2. The summed E-state index contributed by atoms with van der Waals surface area (Å²) < 4.78 is 88.7. The molecule has 7 rings (SSSR count). The van der Waals surface area contributed by atoms with Crippen LogP contribution < -0.4 is 4.90 Å². The van der Waals surface area contributed by atoms with E-state index >= 15 is 0 Å². The van der Waals surface area contributed by atoms with Crippen LogP contribution in [0, 0.1) is 11.3 Å². The Hall–Kier alpha value is -4.09. The van der Waals surface area contributed by atoms with Crippen molar-refractivity contribution >= 4 is 22.6 Å². The van der Waals surface area contributed by atoms with Gasteiger partial charge in [-0.1, -0.05) is 23.4 Å². The fourth-order valence-corrected chi connectivity index (χ4v) is 7.33. The van der Waals surface area contributed by atoms with Crippen molar-refractivity contribution in [2.75, 3.05) is 18.0 Å². The van der Waals surface area contributed by atoms with Crippen molar-refractivity contribution in [3.8, 4) is 11.3 Å². The van der Waals surface area contributed by atoms with Crippen LogP contribution in [0.5, 0.6) is 0 Å². The van der Waals surface area contributed by atoms with Crippen LogP contribution in [0.15, 0.2) is 53.1 Å². The predicted molar refractivity (Wildman–Crippen MR) is 153 cm³/mol. The molecule has 12 heteroatoms. The predicted octanol–water partition coefficient (Wildman–Crippen LogP) is 8.74. The van der Waals surface area contributed by atoms with E-state index in [1.54, 1.807) is 12.1 Å². The standard InChI is InChI=1S/C33H29F6N3O3/c34-32(35,36)24-4-2-1-3-21(24)28-23(29(45-41-28)19-5-6-19)13-18-16-31(17-18)9-11-42(12-10-31)20-7-8-26-22(14-20)25(33(37,38)39)15-27(40-26)30(43)44/h1-4,7-8,14-15,18-19H,5-6,9-13,16-17H2,(H,43,44). The number of carboxylic acids is 1. The summed E-state index contributed by atoms with van der Waals surface area (Å²) in [5.74, 6) is -0.351. The second-order valence-electron chi connectivity index (χ2n) is 12.7. The number of carbonyl (C=O) groups is 1. The summed E-state index contributed by atoms with van der Waals surface area (Å²) in [6.07, 6.45) is -3.29. The molecule has 45 heavy (non-hydrogen) atoms. The number of anilines is 1. The molecule has 2 aromatic heterocycles.